The molecule has 0 radical (unpaired) electrons. The van der Waals surface area contributed by atoms with E-state index in [1.54, 1.807) is 33.8 Å². The lowest BCUT2D eigenvalue weighted by atomic mass is 10.1. The van der Waals surface area contributed by atoms with E-state index in [1.807, 2.05) is 31.2 Å². The molecule has 0 atom stereocenters. The van der Waals surface area contributed by atoms with E-state index in [0.717, 1.165) is 11.5 Å². The number of imide groups is 1. The zero-order valence-electron chi connectivity index (χ0n) is 18.9. The number of amides is 3. The fourth-order valence-electron chi connectivity index (χ4n) is 4.35. The molecule has 5 rings (SSSR count). The minimum Gasteiger partial charge on any atom is -0.340 e. The van der Waals surface area contributed by atoms with Crippen LogP contribution in [0.3, 0.4) is 0 Å². The number of rotatable bonds is 6. The maximum Gasteiger partial charge on any atom is 0.261 e. The van der Waals surface area contributed by atoms with Crippen LogP contribution in [-0.2, 0) is 11.3 Å². The number of carbonyl (C=O) groups is 3. The van der Waals surface area contributed by atoms with Crippen molar-refractivity contribution in [3.63, 3.8) is 0 Å². The molecule has 1 aromatic heterocycles. The Morgan fingerprint density at radius 1 is 0.912 bits per heavy atom. The van der Waals surface area contributed by atoms with Crippen molar-refractivity contribution in [2.45, 2.75) is 19.9 Å². The summed E-state index contributed by atoms with van der Waals surface area (Å²) in [5.74, 6) is 0.0315. The van der Waals surface area contributed by atoms with Crippen molar-refractivity contribution in [1.82, 2.24) is 34.9 Å². The van der Waals surface area contributed by atoms with Crippen molar-refractivity contribution in [3.05, 3.63) is 71.0 Å². The van der Waals surface area contributed by atoms with Crippen molar-refractivity contribution in [1.29, 1.82) is 0 Å². The molecule has 2 aliphatic heterocycles. The van der Waals surface area contributed by atoms with Crippen LogP contribution in [0.4, 0.5) is 0 Å². The highest BCUT2D eigenvalue weighted by Crippen LogP contribution is 2.22. The van der Waals surface area contributed by atoms with E-state index in [9.17, 15) is 14.4 Å². The molecule has 3 aromatic rings. The number of piperazine rings is 1. The molecule has 0 unspecified atom stereocenters. The van der Waals surface area contributed by atoms with Gasteiger partial charge in [0.05, 0.1) is 23.4 Å². The number of tetrazole rings is 1. The van der Waals surface area contributed by atoms with Crippen molar-refractivity contribution in [3.8, 4) is 5.69 Å². The highest BCUT2D eigenvalue weighted by Gasteiger charge is 2.35. The lowest BCUT2D eigenvalue weighted by Crippen LogP contribution is -2.49. The second-order valence-corrected chi connectivity index (χ2v) is 8.56. The number of hydrogen-bond acceptors (Lipinski definition) is 7. The molecule has 10 nitrogen and oxygen atoms in total. The molecule has 0 aliphatic carbocycles. The van der Waals surface area contributed by atoms with Gasteiger partial charge in [-0.2, -0.15) is 4.68 Å². The molecule has 1 fully saturated rings. The van der Waals surface area contributed by atoms with E-state index >= 15 is 0 Å². The van der Waals surface area contributed by atoms with Crippen LogP contribution in [0.2, 0.25) is 0 Å². The van der Waals surface area contributed by atoms with Gasteiger partial charge in [0.25, 0.3) is 11.8 Å². The number of benzene rings is 2. The molecule has 174 valence electrons. The summed E-state index contributed by atoms with van der Waals surface area (Å²) < 4.78 is 1.74. The van der Waals surface area contributed by atoms with Crippen LogP contribution in [0, 0.1) is 6.92 Å². The zero-order chi connectivity index (χ0) is 23.7. The predicted molar refractivity (Wildman–Crippen MR) is 122 cm³/mol. The van der Waals surface area contributed by atoms with Crippen LogP contribution in [0.5, 0.6) is 0 Å². The molecule has 0 spiro atoms. The summed E-state index contributed by atoms with van der Waals surface area (Å²) in [4.78, 5) is 42.9. The third-order valence-electron chi connectivity index (χ3n) is 6.33. The van der Waals surface area contributed by atoms with Gasteiger partial charge in [-0.25, -0.2) is 0 Å². The first-order valence-corrected chi connectivity index (χ1v) is 11.3. The molecule has 0 saturated carbocycles. The Morgan fingerprint density at radius 2 is 1.56 bits per heavy atom. The number of hydrogen-bond donors (Lipinski definition) is 0. The van der Waals surface area contributed by atoms with Crippen molar-refractivity contribution < 1.29 is 14.4 Å². The summed E-state index contributed by atoms with van der Waals surface area (Å²) in [5, 5.41) is 12.1. The highest BCUT2D eigenvalue weighted by atomic mass is 16.2. The van der Waals surface area contributed by atoms with Gasteiger partial charge in [-0.05, 0) is 41.6 Å². The normalized spacial score (nSPS) is 16.3. The molecule has 10 heteroatoms. The van der Waals surface area contributed by atoms with E-state index in [2.05, 4.69) is 20.4 Å². The quantitative estimate of drug-likeness (QED) is 0.512. The van der Waals surface area contributed by atoms with E-state index in [0.29, 0.717) is 43.9 Å². The Bertz CT molecular complexity index is 1190. The van der Waals surface area contributed by atoms with Gasteiger partial charge in [-0.15, -0.1) is 5.10 Å². The average molecular weight is 460 g/mol. The molecule has 2 aliphatic rings. The molecule has 0 N–H and O–H groups in total. The zero-order valence-corrected chi connectivity index (χ0v) is 18.9. The van der Waals surface area contributed by atoms with Crippen molar-refractivity contribution in [2.24, 2.45) is 0 Å². The lowest BCUT2D eigenvalue weighted by Gasteiger charge is -2.34. The molecule has 3 heterocycles. The monoisotopic (exact) mass is 459 g/mol. The van der Waals surface area contributed by atoms with Crippen LogP contribution in [0.1, 0.15) is 38.5 Å². The SMILES string of the molecule is Cc1ccc(-n2nnnc2CN2CCN(C(=O)CCN3C(=O)c4ccccc4C3=O)CC2)cc1. The summed E-state index contributed by atoms with van der Waals surface area (Å²) in [6.07, 6.45) is 0.122. The Labute approximate surface area is 196 Å². The standard InChI is InChI=1S/C24H25N7O3/c1-17-6-8-18(9-7-17)31-21(25-26-27-31)16-28-12-14-29(15-13-28)22(32)10-11-30-23(33)19-4-2-3-5-20(19)24(30)34/h2-9H,10-16H2,1H3. The second-order valence-electron chi connectivity index (χ2n) is 8.56. The largest absolute Gasteiger partial charge is 0.340 e. The first kappa shape index (κ1) is 21.9. The van der Waals surface area contributed by atoms with E-state index < -0.39 is 0 Å². The minimum atomic E-state index is -0.329. The Hall–Kier alpha value is -3.92. The summed E-state index contributed by atoms with van der Waals surface area (Å²) in [6, 6.07) is 14.8. The third kappa shape index (κ3) is 4.19. The van der Waals surface area contributed by atoms with Crippen molar-refractivity contribution in [2.75, 3.05) is 32.7 Å². The molecule has 0 bridgehead atoms. The predicted octanol–water partition coefficient (Wildman–Crippen LogP) is 1.30. The lowest BCUT2D eigenvalue weighted by molar-refractivity contribution is -0.133. The van der Waals surface area contributed by atoms with Gasteiger partial charge in [-0.1, -0.05) is 29.8 Å². The maximum atomic E-state index is 12.8. The first-order chi connectivity index (χ1) is 16.5. The summed E-state index contributed by atoms with van der Waals surface area (Å²) >= 11 is 0. The summed E-state index contributed by atoms with van der Waals surface area (Å²) in [5.41, 5.74) is 2.89. The molecular weight excluding hydrogens is 434 g/mol. The van der Waals surface area contributed by atoms with Gasteiger partial charge in [-0.3, -0.25) is 24.2 Å². The molecule has 34 heavy (non-hydrogen) atoms. The molecule has 2 aromatic carbocycles. The number of nitrogens with zero attached hydrogens (tertiary/aromatic N) is 7. The highest BCUT2D eigenvalue weighted by molar-refractivity contribution is 6.21. The fourth-order valence-corrected chi connectivity index (χ4v) is 4.35. The van der Waals surface area contributed by atoms with Gasteiger partial charge in [0, 0.05) is 39.1 Å². The average Bonchev–Trinajstić information content (AvgIpc) is 3.41. The van der Waals surface area contributed by atoms with Gasteiger partial charge in [0.1, 0.15) is 0 Å². The Morgan fingerprint density at radius 3 is 2.21 bits per heavy atom. The van der Waals surface area contributed by atoms with Gasteiger partial charge < -0.3 is 4.90 Å². The smallest absolute Gasteiger partial charge is 0.261 e. The van der Waals surface area contributed by atoms with Crippen LogP contribution < -0.4 is 0 Å². The third-order valence-corrected chi connectivity index (χ3v) is 6.33. The van der Waals surface area contributed by atoms with Gasteiger partial charge in [0.15, 0.2) is 5.82 Å². The first-order valence-electron chi connectivity index (χ1n) is 11.3. The second kappa shape index (κ2) is 9.14. The molecule has 1 saturated heterocycles. The number of aryl methyl sites for hydroxylation is 1. The van der Waals surface area contributed by atoms with E-state index in [4.69, 9.17) is 0 Å². The van der Waals surface area contributed by atoms with E-state index in [1.165, 1.54) is 10.5 Å². The molecular formula is C24H25N7O3. The minimum absolute atomic E-state index is 0.0549. The van der Waals surface area contributed by atoms with Crippen LogP contribution in [0.25, 0.3) is 5.69 Å². The molecule has 3 amide bonds. The summed E-state index contributed by atoms with van der Waals surface area (Å²) in [7, 11) is 0. The number of aromatic nitrogens is 4. The Kier molecular flexibility index (Phi) is 5.89. The van der Waals surface area contributed by atoms with Crippen molar-refractivity contribution >= 4 is 17.7 Å². The summed E-state index contributed by atoms with van der Waals surface area (Å²) in [6.45, 7) is 5.25. The van der Waals surface area contributed by atoms with E-state index in [-0.39, 0.29) is 30.7 Å². The number of fused-ring (bicyclic) bond motifs is 1. The van der Waals surface area contributed by atoms with Crippen LogP contribution in [-0.4, -0.2) is 85.4 Å². The fraction of sp³-hybridized carbons (Fsp3) is 0.333. The van der Waals surface area contributed by atoms with Gasteiger partial charge >= 0.3 is 0 Å². The topological polar surface area (TPSA) is 105 Å². The number of carbonyl (C=O) groups excluding carboxylic acids is 3. The Balaban J connectivity index is 1.13. The van der Waals surface area contributed by atoms with Gasteiger partial charge in [0.2, 0.25) is 5.91 Å². The van der Waals surface area contributed by atoms with Crippen LogP contribution in [0.15, 0.2) is 48.5 Å². The van der Waals surface area contributed by atoms with Crippen LogP contribution >= 0.6 is 0 Å². The maximum absolute atomic E-state index is 12.8.